The van der Waals surface area contributed by atoms with Gasteiger partial charge in [0.1, 0.15) is 17.8 Å². The number of anilines is 2. The van der Waals surface area contributed by atoms with Crippen molar-refractivity contribution >= 4 is 29.0 Å². The molecule has 3 rings (SSSR count). The predicted octanol–water partition coefficient (Wildman–Crippen LogP) is 3.55. The van der Waals surface area contributed by atoms with E-state index in [-0.39, 0.29) is 11.9 Å². The highest BCUT2D eigenvalue weighted by Crippen LogP contribution is 2.19. The van der Waals surface area contributed by atoms with E-state index in [0.29, 0.717) is 16.5 Å². The molecule has 114 valence electrons. The molecule has 0 atom stereocenters. The van der Waals surface area contributed by atoms with Crippen LogP contribution in [0.25, 0.3) is 0 Å². The Balaban J connectivity index is 1.68. The Kier molecular flexibility index (Phi) is 4.53. The number of aromatic nitrogens is 2. The van der Waals surface area contributed by atoms with Gasteiger partial charge in [-0.05, 0) is 37.1 Å². The fourth-order valence-corrected chi connectivity index (χ4v) is 2.69. The minimum Gasteiger partial charge on any atom is -0.348 e. The van der Waals surface area contributed by atoms with E-state index in [4.69, 9.17) is 11.6 Å². The van der Waals surface area contributed by atoms with Crippen molar-refractivity contribution in [3.8, 4) is 0 Å². The first kappa shape index (κ1) is 14.8. The Morgan fingerprint density at radius 2 is 1.86 bits per heavy atom. The fraction of sp³-hybridized carbons (Fsp3) is 0.312. The number of nitrogens with one attached hydrogen (secondary N) is 2. The topological polar surface area (TPSA) is 66.9 Å². The summed E-state index contributed by atoms with van der Waals surface area (Å²) in [6, 6.07) is 9.21. The molecule has 1 aromatic heterocycles. The van der Waals surface area contributed by atoms with Gasteiger partial charge in [-0.15, -0.1) is 0 Å². The molecule has 2 aromatic rings. The third-order valence-electron chi connectivity index (χ3n) is 3.71. The van der Waals surface area contributed by atoms with Crippen LogP contribution in [-0.2, 0) is 0 Å². The summed E-state index contributed by atoms with van der Waals surface area (Å²) in [6.07, 6.45) is 5.84. The van der Waals surface area contributed by atoms with Crippen LogP contribution in [0, 0.1) is 0 Å². The molecule has 0 bridgehead atoms. The van der Waals surface area contributed by atoms with Crippen LogP contribution in [0.1, 0.15) is 36.2 Å². The summed E-state index contributed by atoms with van der Waals surface area (Å²) in [5, 5.41) is 6.82. The molecule has 0 aliphatic heterocycles. The lowest BCUT2D eigenvalue weighted by Gasteiger charge is -2.12. The van der Waals surface area contributed by atoms with Crippen LogP contribution in [0.4, 0.5) is 11.5 Å². The molecule has 1 heterocycles. The molecular weight excluding hydrogens is 300 g/mol. The molecular formula is C16H17ClN4O. The van der Waals surface area contributed by atoms with Crippen molar-refractivity contribution in [2.45, 2.75) is 31.7 Å². The third-order valence-corrected chi connectivity index (χ3v) is 3.96. The number of carbonyl (C=O) groups is 1. The average Bonchev–Trinajstić information content (AvgIpc) is 3.03. The number of nitrogens with zero attached hydrogens (tertiary/aromatic N) is 2. The van der Waals surface area contributed by atoms with Gasteiger partial charge in [0.05, 0.1) is 0 Å². The van der Waals surface area contributed by atoms with Crippen molar-refractivity contribution in [2.75, 3.05) is 5.32 Å². The van der Waals surface area contributed by atoms with Gasteiger partial charge in [0.2, 0.25) is 0 Å². The number of hydrogen-bond acceptors (Lipinski definition) is 4. The fourth-order valence-electron chi connectivity index (χ4n) is 2.56. The zero-order valence-corrected chi connectivity index (χ0v) is 12.8. The number of halogens is 1. The van der Waals surface area contributed by atoms with E-state index in [1.165, 1.54) is 19.2 Å². The number of hydrogen-bond donors (Lipinski definition) is 2. The lowest BCUT2D eigenvalue weighted by Crippen LogP contribution is -2.33. The van der Waals surface area contributed by atoms with E-state index >= 15 is 0 Å². The minimum absolute atomic E-state index is 0.145. The van der Waals surface area contributed by atoms with E-state index in [1.807, 2.05) is 12.1 Å². The van der Waals surface area contributed by atoms with Gasteiger partial charge in [-0.3, -0.25) is 4.79 Å². The Morgan fingerprint density at radius 3 is 2.59 bits per heavy atom. The van der Waals surface area contributed by atoms with Gasteiger partial charge in [-0.1, -0.05) is 24.4 Å². The van der Waals surface area contributed by atoms with E-state index < -0.39 is 0 Å². The lowest BCUT2D eigenvalue weighted by molar-refractivity contribution is 0.0932. The molecule has 1 saturated carbocycles. The predicted molar refractivity (Wildman–Crippen MR) is 86.5 cm³/mol. The molecule has 6 heteroatoms. The largest absolute Gasteiger partial charge is 0.348 e. The van der Waals surface area contributed by atoms with Gasteiger partial charge in [-0.2, -0.15) is 0 Å². The van der Waals surface area contributed by atoms with Crippen LogP contribution in [-0.4, -0.2) is 21.9 Å². The van der Waals surface area contributed by atoms with E-state index in [2.05, 4.69) is 20.6 Å². The first-order valence-electron chi connectivity index (χ1n) is 7.36. The minimum atomic E-state index is -0.145. The molecule has 0 spiro atoms. The van der Waals surface area contributed by atoms with Crippen LogP contribution in [0.15, 0.2) is 36.7 Å². The molecule has 1 aliphatic carbocycles. The van der Waals surface area contributed by atoms with Crippen molar-refractivity contribution in [3.05, 3.63) is 47.4 Å². The zero-order valence-electron chi connectivity index (χ0n) is 12.1. The average molecular weight is 317 g/mol. The monoisotopic (exact) mass is 316 g/mol. The molecule has 0 radical (unpaired) electrons. The smallest absolute Gasteiger partial charge is 0.270 e. The summed E-state index contributed by atoms with van der Waals surface area (Å²) in [7, 11) is 0. The van der Waals surface area contributed by atoms with Crippen molar-refractivity contribution in [3.63, 3.8) is 0 Å². The van der Waals surface area contributed by atoms with E-state index in [1.54, 1.807) is 18.2 Å². The van der Waals surface area contributed by atoms with Crippen molar-refractivity contribution in [2.24, 2.45) is 0 Å². The Bertz CT molecular complexity index is 653. The second kappa shape index (κ2) is 6.75. The zero-order chi connectivity index (χ0) is 15.4. The van der Waals surface area contributed by atoms with Crippen molar-refractivity contribution in [1.82, 2.24) is 15.3 Å². The van der Waals surface area contributed by atoms with Gasteiger partial charge in [-0.25, -0.2) is 9.97 Å². The maximum Gasteiger partial charge on any atom is 0.270 e. The summed E-state index contributed by atoms with van der Waals surface area (Å²) >= 11 is 5.86. The molecule has 2 N–H and O–H groups in total. The van der Waals surface area contributed by atoms with Gasteiger partial charge in [0.25, 0.3) is 5.91 Å². The third kappa shape index (κ3) is 3.74. The van der Waals surface area contributed by atoms with Gasteiger partial charge in [0, 0.05) is 22.8 Å². The number of carbonyl (C=O) groups excluding carboxylic acids is 1. The maximum atomic E-state index is 12.2. The van der Waals surface area contributed by atoms with Gasteiger partial charge >= 0.3 is 0 Å². The van der Waals surface area contributed by atoms with Crippen LogP contribution >= 0.6 is 11.6 Å². The first-order valence-corrected chi connectivity index (χ1v) is 7.74. The van der Waals surface area contributed by atoms with E-state index in [9.17, 15) is 4.79 Å². The van der Waals surface area contributed by atoms with Crippen LogP contribution in [0.3, 0.4) is 0 Å². The molecule has 0 unspecified atom stereocenters. The first-order chi connectivity index (χ1) is 10.7. The van der Waals surface area contributed by atoms with E-state index in [0.717, 1.165) is 18.5 Å². The molecule has 1 aromatic carbocycles. The van der Waals surface area contributed by atoms with Gasteiger partial charge < -0.3 is 10.6 Å². The standard InChI is InChI=1S/C16H17ClN4O/c17-11-5-7-13(8-6-11)20-15-9-14(18-10-19-15)16(22)21-12-3-1-2-4-12/h5-10,12H,1-4H2,(H,21,22)(H,18,19,20). The molecule has 1 amide bonds. The SMILES string of the molecule is O=C(NC1CCCC1)c1cc(Nc2ccc(Cl)cc2)ncn1. The number of rotatable bonds is 4. The van der Waals surface area contributed by atoms with Crippen LogP contribution < -0.4 is 10.6 Å². The van der Waals surface area contributed by atoms with Crippen LogP contribution in [0.2, 0.25) is 5.02 Å². The summed E-state index contributed by atoms with van der Waals surface area (Å²) in [5.74, 6) is 0.433. The second-order valence-electron chi connectivity index (χ2n) is 5.38. The second-order valence-corrected chi connectivity index (χ2v) is 5.81. The number of amides is 1. The normalized spacial score (nSPS) is 14.8. The maximum absolute atomic E-state index is 12.2. The Hall–Kier alpha value is -2.14. The molecule has 1 fully saturated rings. The Labute approximate surface area is 134 Å². The Morgan fingerprint density at radius 1 is 1.14 bits per heavy atom. The summed E-state index contributed by atoms with van der Waals surface area (Å²) < 4.78 is 0. The highest BCUT2D eigenvalue weighted by molar-refractivity contribution is 6.30. The quantitative estimate of drug-likeness (QED) is 0.905. The molecule has 0 saturated heterocycles. The summed E-state index contributed by atoms with van der Waals surface area (Å²) in [4.78, 5) is 20.4. The highest BCUT2D eigenvalue weighted by atomic mass is 35.5. The number of benzene rings is 1. The van der Waals surface area contributed by atoms with Gasteiger partial charge in [0.15, 0.2) is 0 Å². The molecule has 1 aliphatic rings. The van der Waals surface area contributed by atoms with Crippen molar-refractivity contribution in [1.29, 1.82) is 0 Å². The summed E-state index contributed by atoms with van der Waals surface area (Å²) in [6.45, 7) is 0. The lowest BCUT2D eigenvalue weighted by atomic mass is 10.2. The van der Waals surface area contributed by atoms with Crippen LogP contribution in [0.5, 0.6) is 0 Å². The molecule has 5 nitrogen and oxygen atoms in total. The summed E-state index contributed by atoms with van der Waals surface area (Å²) in [5.41, 5.74) is 1.23. The highest BCUT2D eigenvalue weighted by Gasteiger charge is 2.18. The molecule has 22 heavy (non-hydrogen) atoms. The van der Waals surface area contributed by atoms with Crippen molar-refractivity contribution < 1.29 is 4.79 Å².